The predicted molar refractivity (Wildman–Crippen MR) is 98.5 cm³/mol. The minimum absolute atomic E-state index is 0.152. The van der Waals surface area contributed by atoms with Crippen molar-refractivity contribution in [1.29, 1.82) is 0 Å². The zero-order valence-electron chi connectivity index (χ0n) is 13.4. The van der Waals surface area contributed by atoms with Crippen LogP contribution in [-0.4, -0.2) is 23.8 Å². The Morgan fingerprint density at radius 1 is 1.20 bits per heavy atom. The summed E-state index contributed by atoms with van der Waals surface area (Å²) in [7, 11) is 0. The maximum atomic E-state index is 12.3. The van der Waals surface area contributed by atoms with Crippen LogP contribution >= 0.6 is 15.9 Å². The number of para-hydroxylation sites is 1. The molecule has 128 valence electrons. The van der Waals surface area contributed by atoms with E-state index in [0.29, 0.717) is 16.9 Å². The van der Waals surface area contributed by atoms with E-state index in [1.807, 2.05) is 19.1 Å². The fraction of sp³-hybridized carbons (Fsp3) is 0.167. The van der Waals surface area contributed by atoms with E-state index >= 15 is 0 Å². The summed E-state index contributed by atoms with van der Waals surface area (Å²) in [5, 5.41) is 8.03. The Morgan fingerprint density at radius 2 is 1.96 bits per heavy atom. The summed E-state index contributed by atoms with van der Waals surface area (Å²) in [6.45, 7) is 1.91. The third kappa shape index (κ3) is 3.88. The summed E-state index contributed by atoms with van der Waals surface area (Å²) in [6, 6.07) is 11.2. The molecular formula is C18H16BrN3O3. The molecule has 3 N–H and O–H groups in total. The van der Waals surface area contributed by atoms with Gasteiger partial charge in [0.05, 0.1) is 17.7 Å². The molecule has 0 spiro atoms. The third-order valence-corrected chi connectivity index (χ3v) is 4.77. The topological polar surface area (TPSA) is 87.3 Å². The molecule has 0 saturated carbocycles. The number of carbonyl (C=O) groups excluding carboxylic acids is 3. The molecular weight excluding hydrogens is 386 g/mol. The quantitative estimate of drug-likeness (QED) is 0.738. The van der Waals surface area contributed by atoms with Gasteiger partial charge in [0.25, 0.3) is 5.91 Å². The first-order valence-corrected chi connectivity index (χ1v) is 8.50. The molecule has 0 radical (unpaired) electrons. The molecule has 1 aliphatic heterocycles. The zero-order chi connectivity index (χ0) is 18.0. The lowest BCUT2D eigenvalue weighted by atomic mass is 10.1. The summed E-state index contributed by atoms with van der Waals surface area (Å²) in [5.41, 5.74) is 2.43. The van der Waals surface area contributed by atoms with Gasteiger partial charge in [-0.25, -0.2) is 0 Å². The van der Waals surface area contributed by atoms with Gasteiger partial charge in [-0.2, -0.15) is 0 Å². The number of nitrogens with one attached hydrogen (secondary N) is 3. The Bertz CT molecular complexity index is 866. The van der Waals surface area contributed by atoms with Gasteiger partial charge in [0.15, 0.2) is 0 Å². The summed E-state index contributed by atoms with van der Waals surface area (Å²) >= 11 is 3.40. The molecule has 0 aromatic heterocycles. The summed E-state index contributed by atoms with van der Waals surface area (Å²) in [5.74, 6) is -1.15. The minimum atomic E-state index is -0.934. The van der Waals surface area contributed by atoms with Crippen LogP contribution in [0.5, 0.6) is 0 Å². The molecule has 2 aromatic carbocycles. The van der Waals surface area contributed by atoms with Gasteiger partial charge in [-0.05, 0) is 42.8 Å². The van der Waals surface area contributed by atoms with Crippen molar-refractivity contribution in [1.82, 2.24) is 5.32 Å². The van der Waals surface area contributed by atoms with E-state index < -0.39 is 11.9 Å². The molecule has 1 aliphatic rings. The normalized spacial score (nSPS) is 16.3. The number of aryl methyl sites for hydroxylation is 1. The second kappa shape index (κ2) is 7.06. The maximum Gasteiger partial charge on any atom is 0.254 e. The van der Waals surface area contributed by atoms with Gasteiger partial charge in [0.2, 0.25) is 11.8 Å². The molecule has 0 saturated heterocycles. The van der Waals surface area contributed by atoms with Crippen molar-refractivity contribution in [2.75, 3.05) is 10.6 Å². The molecule has 0 bridgehead atoms. The highest BCUT2D eigenvalue weighted by Gasteiger charge is 2.29. The monoisotopic (exact) mass is 401 g/mol. The van der Waals surface area contributed by atoms with Crippen molar-refractivity contribution in [2.45, 2.75) is 19.4 Å². The van der Waals surface area contributed by atoms with Crippen LogP contribution in [0.4, 0.5) is 11.4 Å². The van der Waals surface area contributed by atoms with Crippen LogP contribution < -0.4 is 16.0 Å². The number of anilines is 2. The lowest BCUT2D eigenvalue weighted by Gasteiger charge is -2.14. The zero-order valence-corrected chi connectivity index (χ0v) is 15.0. The molecule has 1 unspecified atom stereocenters. The fourth-order valence-corrected chi connectivity index (χ4v) is 2.82. The number of fused-ring (bicyclic) bond motifs is 1. The number of amides is 3. The first kappa shape index (κ1) is 17.2. The largest absolute Gasteiger partial charge is 0.340 e. The molecule has 1 atom stereocenters. The lowest BCUT2D eigenvalue weighted by Crippen LogP contribution is -2.43. The van der Waals surface area contributed by atoms with Gasteiger partial charge in [0.1, 0.15) is 6.04 Å². The highest BCUT2D eigenvalue weighted by Crippen LogP contribution is 2.21. The lowest BCUT2D eigenvalue weighted by molar-refractivity contribution is -0.122. The van der Waals surface area contributed by atoms with E-state index in [2.05, 4.69) is 31.9 Å². The van der Waals surface area contributed by atoms with Crippen molar-refractivity contribution in [3.05, 3.63) is 58.1 Å². The van der Waals surface area contributed by atoms with Crippen LogP contribution in [0.1, 0.15) is 22.3 Å². The average molecular weight is 402 g/mol. The number of halogens is 1. The molecule has 0 aliphatic carbocycles. The van der Waals surface area contributed by atoms with E-state index in [0.717, 1.165) is 10.0 Å². The number of rotatable bonds is 3. The number of hydrogen-bond donors (Lipinski definition) is 3. The second-order valence-electron chi connectivity index (χ2n) is 5.78. The van der Waals surface area contributed by atoms with Crippen LogP contribution in [0.15, 0.2) is 46.9 Å². The molecule has 2 aromatic rings. The van der Waals surface area contributed by atoms with Crippen molar-refractivity contribution in [2.24, 2.45) is 0 Å². The SMILES string of the molecule is Cc1cc(NC(=O)CC2NC(=O)c3ccccc3NC2=O)ccc1Br. The second-order valence-corrected chi connectivity index (χ2v) is 6.63. The molecule has 1 heterocycles. The standard InChI is InChI=1S/C18H16BrN3O3/c1-10-8-11(6-7-13(10)19)20-16(23)9-15-18(25)21-14-5-3-2-4-12(14)17(24)22-15/h2-8,15H,9H2,1H3,(H,20,23)(H,21,25)(H,22,24). The minimum Gasteiger partial charge on any atom is -0.340 e. The number of hydrogen-bond acceptors (Lipinski definition) is 3. The van der Waals surface area contributed by atoms with Crippen LogP contribution in [-0.2, 0) is 9.59 Å². The van der Waals surface area contributed by atoms with Gasteiger partial charge in [-0.1, -0.05) is 28.1 Å². The Hall–Kier alpha value is -2.67. The van der Waals surface area contributed by atoms with Gasteiger partial charge in [-0.15, -0.1) is 0 Å². The van der Waals surface area contributed by atoms with E-state index in [1.54, 1.807) is 30.3 Å². The van der Waals surface area contributed by atoms with Gasteiger partial charge in [-0.3, -0.25) is 14.4 Å². The van der Waals surface area contributed by atoms with Gasteiger partial charge < -0.3 is 16.0 Å². The Balaban J connectivity index is 1.70. The smallest absolute Gasteiger partial charge is 0.254 e. The Kier molecular flexibility index (Phi) is 4.85. The highest BCUT2D eigenvalue weighted by atomic mass is 79.9. The van der Waals surface area contributed by atoms with E-state index in [1.165, 1.54) is 0 Å². The summed E-state index contributed by atoms with van der Waals surface area (Å²) in [6.07, 6.45) is -0.152. The van der Waals surface area contributed by atoms with Crippen LogP contribution in [0, 0.1) is 6.92 Å². The van der Waals surface area contributed by atoms with Crippen LogP contribution in [0.3, 0.4) is 0 Å². The Morgan fingerprint density at radius 3 is 2.72 bits per heavy atom. The summed E-state index contributed by atoms with van der Waals surface area (Å²) in [4.78, 5) is 36.8. The highest BCUT2D eigenvalue weighted by molar-refractivity contribution is 9.10. The van der Waals surface area contributed by atoms with Gasteiger partial charge in [0, 0.05) is 10.2 Å². The van der Waals surface area contributed by atoms with Crippen molar-refractivity contribution < 1.29 is 14.4 Å². The molecule has 3 amide bonds. The van der Waals surface area contributed by atoms with Crippen molar-refractivity contribution in [3.8, 4) is 0 Å². The Labute approximate surface area is 153 Å². The van der Waals surface area contributed by atoms with E-state index in [9.17, 15) is 14.4 Å². The van der Waals surface area contributed by atoms with Crippen LogP contribution in [0.2, 0.25) is 0 Å². The fourth-order valence-electron chi connectivity index (χ4n) is 2.58. The number of carbonyl (C=O) groups is 3. The number of benzene rings is 2. The van der Waals surface area contributed by atoms with E-state index in [4.69, 9.17) is 0 Å². The molecule has 6 nitrogen and oxygen atoms in total. The van der Waals surface area contributed by atoms with Crippen LogP contribution in [0.25, 0.3) is 0 Å². The third-order valence-electron chi connectivity index (χ3n) is 3.88. The van der Waals surface area contributed by atoms with E-state index in [-0.39, 0.29) is 18.2 Å². The van der Waals surface area contributed by atoms with Crippen molar-refractivity contribution in [3.63, 3.8) is 0 Å². The first-order valence-electron chi connectivity index (χ1n) is 7.71. The molecule has 7 heteroatoms. The van der Waals surface area contributed by atoms with Gasteiger partial charge >= 0.3 is 0 Å². The summed E-state index contributed by atoms with van der Waals surface area (Å²) < 4.78 is 0.943. The molecule has 25 heavy (non-hydrogen) atoms. The van der Waals surface area contributed by atoms with Crippen molar-refractivity contribution >= 4 is 45.0 Å². The first-order chi connectivity index (χ1) is 11.9. The average Bonchev–Trinajstić information content (AvgIpc) is 2.68. The predicted octanol–water partition coefficient (Wildman–Crippen LogP) is 2.84. The maximum absolute atomic E-state index is 12.3. The molecule has 3 rings (SSSR count). The molecule has 0 fully saturated rings.